The number of rotatable bonds is 5. The zero-order valence-corrected chi connectivity index (χ0v) is 12.0. The monoisotopic (exact) mass is 242 g/mol. The van der Waals surface area contributed by atoms with Crippen LogP contribution in [-0.2, 0) is 4.74 Å². The molecule has 0 aromatic carbocycles. The molecule has 1 saturated carbocycles. The van der Waals surface area contributed by atoms with Gasteiger partial charge < -0.3 is 9.84 Å². The van der Waals surface area contributed by atoms with Crippen molar-refractivity contribution in [3.63, 3.8) is 0 Å². The van der Waals surface area contributed by atoms with Crippen LogP contribution >= 0.6 is 0 Å². The second-order valence-corrected chi connectivity index (χ2v) is 6.77. The molecule has 0 saturated heterocycles. The van der Waals surface area contributed by atoms with E-state index in [9.17, 15) is 5.11 Å². The molecule has 2 nitrogen and oxygen atoms in total. The second kappa shape index (κ2) is 6.75. The molecule has 0 aliphatic heterocycles. The molecule has 0 radical (unpaired) electrons. The summed E-state index contributed by atoms with van der Waals surface area (Å²) in [6.07, 6.45) is 8.09. The Morgan fingerprint density at radius 2 is 1.76 bits per heavy atom. The summed E-state index contributed by atoms with van der Waals surface area (Å²) < 4.78 is 5.57. The van der Waals surface area contributed by atoms with Gasteiger partial charge in [0, 0.05) is 7.11 Å². The number of ether oxygens (including phenoxy) is 1. The van der Waals surface area contributed by atoms with Crippen LogP contribution in [0.1, 0.15) is 65.7 Å². The Balaban J connectivity index is 2.42. The molecule has 1 fully saturated rings. The SMILES string of the molecule is COC(C(O)CCC(C)(C)C)C1CCCCC1. The molecule has 0 bridgehead atoms. The maximum Gasteiger partial charge on any atom is 0.0858 e. The van der Waals surface area contributed by atoms with E-state index < -0.39 is 0 Å². The third kappa shape index (κ3) is 5.39. The van der Waals surface area contributed by atoms with E-state index in [1.807, 2.05) is 0 Å². The van der Waals surface area contributed by atoms with Gasteiger partial charge in [0.15, 0.2) is 0 Å². The Hall–Kier alpha value is -0.0800. The van der Waals surface area contributed by atoms with Gasteiger partial charge in [-0.25, -0.2) is 0 Å². The molecule has 1 rings (SSSR count). The van der Waals surface area contributed by atoms with E-state index in [2.05, 4.69) is 20.8 Å². The molecule has 2 heteroatoms. The predicted molar refractivity (Wildman–Crippen MR) is 72.1 cm³/mol. The first-order valence-electron chi connectivity index (χ1n) is 7.15. The highest BCUT2D eigenvalue weighted by atomic mass is 16.5. The summed E-state index contributed by atoms with van der Waals surface area (Å²) in [5.74, 6) is 0.573. The van der Waals surface area contributed by atoms with Crippen molar-refractivity contribution in [2.24, 2.45) is 11.3 Å². The summed E-state index contributed by atoms with van der Waals surface area (Å²) in [6, 6.07) is 0. The third-order valence-corrected chi connectivity index (χ3v) is 3.96. The quantitative estimate of drug-likeness (QED) is 0.795. The highest BCUT2D eigenvalue weighted by Crippen LogP contribution is 2.31. The molecule has 1 aliphatic carbocycles. The Kier molecular flexibility index (Phi) is 5.94. The Labute approximate surface area is 107 Å². The average Bonchev–Trinajstić information content (AvgIpc) is 2.28. The minimum absolute atomic E-state index is 0.0534. The molecule has 0 heterocycles. The summed E-state index contributed by atoms with van der Waals surface area (Å²) in [5.41, 5.74) is 0.297. The van der Waals surface area contributed by atoms with Crippen molar-refractivity contribution in [3.8, 4) is 0 Å². The van der Waals surface area contributed by atoms with Gasteiger partial charge in [-0.15, -0.1) is 0 Å². The van der Waals surface area contributed by atoms with Crippen LogP contribution in [0, 0.1) is 11.3 Å². The normalized spacial score (nSPS) is 22.4. The van der Waals surface area contributed by atoms with Crippen molar-refractivity contribution >= 4 is 0 Å². The van der Waals surface area contributed by atoms with E-state index in [0.29, 0.717) is 11.3 Å². The molecular formula is C15H30O2. The number of methoxy groups -OCH3 is 1. The summed E-state index contributed by atoms with van der Waals surface area (Å²) in [7, 11) is 1.75. The predicted octanol–water partition coefficient (Wildman–Crippen LogP) is 3.77. The Morgan fingerprint density at radius 1 is 1.18 bits per heavy atom. The molecule has 17 heavy (non-hydrogen) atoms. The van der Waals surface area contributed by atoms with Crippen molar-refractivity contribution in [1.82, 2.24) is 0 Å². The lowest BCUT2D eigenvalue weighted by molar-refractivity contribution is -0.0601. The van der Waals surface area contributed by atoms with Crippen LogP contribution in [0.2, 0.25) is 0 Å². The van der Waals surface area contributed by atoms with Crippen molar-refractivity contribution < 1.29 is 9.84 Å². The van der Waals surface area contributed by atoms with E-state index in [4.69, 9.17) is 4.74 Å². The smallest absolute Gasteiger partial charge is 0.0858 e. The molecule has 0 amide bonds. The van der Waals surface area contributed by atoms with Gasteiger partial charge in [-0.2, -0.15) is 0 Å². The molecular weight excluding hydrogens is 212 g/mol. The van der Waals surface area contributed by atoms with Gasteiger partial charge in [0.1, 0.15) is 0 Å². The largest absolute Gasteiger partial charge is 0.390 e. The highest BCUT2D eigenvalue weighted by molar-refractivity contribution is 4.81. The minimum Gasteiger partial charge on any atom is -0.390 e. The fourth-order valence-corrected chi connectivity index (χ4v) is 2.87. The van der Waals surface area contributed by atoms with E-state index in [1.54, 1.807) is 7.11 Å². The van der Waals surface area contributed by atoms with E-state index in [-0.39, 0.29) is 12.2 Å². The van der Waals surface area contributed by atoms with E-state index >= 15 is 0 Å². The molecule has 0 spiro atoms. The standard InChI is InChI=1S/C15H30O2/c1-15(2,3)11-10-13(16)14(17-4)12-8-6-5-7-9-12/h12-14,16H,5-11H2,1-4H3. The van der Waals surface area contributed by atoms with Crippen LogP contribution in [0.4, 0.5) is 0 Å². The molecule has 1 aliphatic rings. The Morgan fingerprint density at radius 3 is 2.24 bits per heavy atom. The van der Waals surface area contributed by atoms with Crippen molar-refractivity contribution in [2.75, 3.05) is 7.11 Å². The number of aliphatic hydroxyl groups is 1. The highest BCUT2D eigenvalue weighted by Gasteiger charge is 2.30. The van der Waals surface area contributed by atoms with E-state index in [1.165, 1.54) is 32.1 Å². The second-order valence-electron chi connectivity index (χ2n) is 6.77. The van der Waals surface area contributed by atoms with Gasteiger partial charge in [-0.3, -0.25) is 0 Å². The summed E-state index contributed by atoms with van der Waals surface area (Å²) in [6.45, 7) is 6.67. The van der Waals surface area contributed by atoms with Crippen LogP contribution in [0.15, 0.2) is 0 Å². The first-order valence-corrected chi connectivity index (χ1v) is 7.15. The summed E-state index contributed by atoms with van der Waals surface area (Å²) in [5, 5.41) is 10.3. The molecule has 102 valence electrons. The van der Waals surface area contributed by atoms with Gasteiger partial charge in [0.05, 0.1) is 12.2 Å². The lowest BCUT2D eigenvalue weighted by Gasteiger charge is -2.33. The van der Waals surface area contributed by atoms with Gasteiger partial charge in [0.25, 0.3) is 0 Å². The zero-order chi connectivity index (χ0) is 12.9. The molecule has 0 aromatic heterocycles. The van der Waals surface area contributed by atoms with Crippen LogP contribution in [0.3, 0.4) is 0 Å². The molecule has 1 N–H and O–H groups in total. The zero-order valence-electron chi connectivity index (χ0n) is 12.0. The lowest BCUT2D eigenvalue weighted by Crippen LogP contribution is -2.37. The van der Waals surface area contributed by atoms with Crippen LogP contribution in [0.25, 0.3) is 0 Å². The van der Waals surface area contributed by atoms with Crippen molar-refractivity contribution in [1.29, 1.82) is 0 Å². The summed E-state index contributed by atoms with van der Waals surface area (Å²) >= 11 is 0. The lowest BCUT2D eigenvalue weighted by atomic mass is 9.81. The van der Waals surface area contributed by atoms with Gasteiger partial charge >= 0.3 is 0 Å². The first-order chi connectivity index (χ1) is 7.94. The third-order valence-electron chi connectivity index (χ3n) is 3.96. The summed E-state index contributed by atoms with van der Waals surface area (Å²) in [4.78, 5) is 0. The fraction of sp³-hybridized carbons (Fsp3) is 1.00. The van der Waals surface area contributed by atoms with Gasteiger partial charge in [0.2, 0.25) is 0 Å². The van der Waals surface area contributed by atoms with Crippen molar-refractivity contribution in [2.45, 2.75) is 77.9 Å². The minimum atomic E-state index is -0.290. The number of hydrogen-bond acceptors (Lipinski definition) is 2. The van der Waals surface area contributed by atoms with Crippen LogP contribution < -0.4 is 0 Å². The van der Waals surface area contributed by atoms with Gasteiger partial charge in [-0.1, -0.05) is 40.0 Å². The molecule has 2 atom stereocenters. The first kappa shape index (κ1) is 15.0. The maximum atomic E-state index is 10.3. The topological polar surface area (TPSA) is 29.5 Å². The molecule has 0 aromatic rings. The maximum absolute atomic E-state index is 10.3. The fourth-order valence-electron chi connectivity index (χ4n) is 2.87. The number of hydrogen-bond donors (Lipinski definition) is 1. The van der Waals surface area contributed by atoms with Crippen molar-refractivity contribution in [3.05, 3.63) is 0 Å². The molecule has 2 unspecified atom stereocenters. The van der Waals surface area contributed by atoms with Crippen LogP contribution in [0.5, 0.6) is 0 Å². The van der Waals surface area contributed by atoms with Gasteiger partial charge in [-0.05, 0) is 37.0 Å². The van der Waals surface area contributed by atoms with Crippen LogP contribution in [-0.4, -0.2) is 24.4 Å². The van der Waals surface area contributed by atoms with E-state index in [0.717, 1.165) is 12.8 Å². The Bertz CT molecular complexity index is 201. The number of aliphatic hydroxyl groups excluding tert-OH is 1. The average molecular weight is 242 g/mol.